The topological polar surface area (TPSA) is 74.8 Å². The molecule has 24 heavy (non-hydrogen) atoms. The Morgan fingerprint density at radius 3 is 2.67 bits per heavy atom. The lowest BCUT2D eigenvalue weighted by atomic mass is 10.2. The van der Waals surface area contributed by atoms with E-state index >= 15 is 0 Å². The first-order valence-electron chi connectivity index (χ1n) is 7.96. The standard InChI is InChI=1S/C19H19N3O2/c1-13-9-11-14(12-10-13)20-18(23)8-4-7-17-21-16-6-3-2-5-15(16)19(24)22-17/h2-3,5-6,9-12H,4,7-8H2,1H3,(H,20,23)(H,21,22,24). The summed E-state index contributed by atoms with van der Waals surface area (Å²) in [6.45, 7) is 2.00. The number of H-pyrrole nitrogens is 1. The maximum Gasteiger partial charge on any atom is 0.258 e. The number of fused-ring (bicyclic) bond motifs is 1. The summed E-state index contributed by atoms with van der Waals surface area (Å²) < 4.78 is 0. The Morgan fingerprint density at radius 1 is 1.12 bits per heavy atom. The molecule has 5 heteroatoms. The van der Waals surface area contributed by atoms with Crippen molar-refractivity contribution in [2.75, 3.05) is 5.32 Å². The number of rotatable bonds is 5. The van der Waals surface area contributed by atoms with E-state index in [1.165, 1.54) is 0 Å². The van der Waals surface area contributed by atoms with Gasteiger partial charge in [-0.15, -0.1) is 0 Å². The molecule has 0 radical (unpaired) electrons. The van der Waals surface area contributed by atoms with E-state index in [1.54, 1.807) is 6.07 Å². The third-order valence-electron chi connectivity index (χ3n) is 3.81. The van der Waals surface area contributed by atoms with E-state index < -0.39 is 0 Å². The Bertz CT molecular complexity index is 914. The van der Waals surface area contributed by atoms with Crippen LogP contribution in [-0.4, -0.2) is 15.9 Å². The highest BCUT2D eigenvalue weighted by Gasteiger charge is 2.06. The number of hydrogen-bond acceptors (Lipinski definition) is 3. The van der Waals surface area contributed by atoms with Gasteiger partial charge in [-0.05, 0) is 37.6 Å². The van der Waals surface area contributed by atoms with Gasteiger partial charge in [0.25, 0.3) is 5.56 Å². The molecular formula is C19H19N3O2. The molecular weight excluding hydrogens is 302 g/mol. The molecule has 1 amide bonds. The van der Waals surface area contributed by atoms with Crippen LogP contribution in [0.25, 0.3) is 10.9 Å². The van der Waals surface area contributed by atoms with Gasteiger partial charge in [0.15, 0.2) is 0 Å². The summed E-state index contributed by atoms with van der Waals surface area (Å²) >= 11 is 0. The molecule has 2 aromatic carbocycles. The summed E-state index contributed by atoms with van der Waals surface area (Å²) in [7, 11) is 0. The SMILES string of the molecule is Cc1ccc(NC(=O)CCCc2nc3ccccc3c(=O)[nH]2)cc1. The molecule has 0 fully saturated rings. The van der Waals surface area contributed by atoms with Crippen LogP contribution in [0.3, 0.4) is 0 Å². The first-order chi connectivity index (χ1) is 11.6. The van der Waals surface area contributed by atoms with Gasteiger partial charge >= 0.3 is 0 Å². The molecule has 122 valence electrons. The summed E-state index contributed by atoms with van der Waals surface area (Å²) in [6, 6.07) is 14.9. The van der Waals surface area contributed by atoms with Crippen LogP contribution < -0.4 is 10.9 Å². The van der Waals surface area contributed by atoms with Crippen molar-refractivity contribution in [2.24, 2.45) is 0 Å². The van der Waals surface area contributed by atoms with Gasteiger partial charge in [0.1, 0.15) is 5.82 Å². The van der Waals surface area contributed by atoms with Crippen molar-refractivity contribution in [2.45, 2.75) is 26.2 Å². The second kappa shape index (κ2) is 7.08. The lowest BCUT2D eigenvalue weighted by Crippen LogP contribution is -2.14. The number of anilines is 1. The fourth-order valence-corrected chi connectivity index (χ4v) is 2.53. The molecule has 0 spiro atoms. The second-order valence-corrected chi connectivity index (χ2v) is 5.80. The molecule has 3 rings (SSSR count). The number of aromatic amines is 1. The molecule has 1 aromatic heterocycles. The van der Waals surface area contributed by atoms with Crippen molar-refractivity contribution < 1.29 is 4.79 Å². The zero-order chi connectivity index (χ0) is 16.9. The maximum absolute atomic E-state index is 12.0. The lowest BCUT2D eigenvalue weighted by molar-refractivity contribution is -0.116. The van der Waals surface area contributed by atoms with Crippen LogP contribution in [0.5, 0.6) is 0 Å². The van der Waals surface area contributed by atoms with Crippen molar-refractivity contribution in [3.05, 3.63) is 70.3 Å². The Kier molecular flexibility index (Phi) is 4.70. The molecule has 0 bridgehead atoms. The van der Waals surface area contributed by atoms with Gasteiger partial charge < -0.3 is 10.3 Å². The first-order valence-corrected chi connectivity index (χ1v) is 7.96. The van der Waals surface area contributed by atoms with E-state index in [-0.39, 0.29) is 11.5 Å². The molecule has 0 aliphatic carbocycles. The minimum Gasteiger partial charge on any atom is -0.326 e. The molecule has 3 aromatic rings. The van der Waals surface area contributed by atoms with Crippen LogP contribution in [0.2, 0.25) is 0 Å². The number of carbonyl (C=O) groups is 1. The summed E-state index contributed by atoms with van der Waals surface area (Å²) in [4.78, 5) is 31.2. The molecule has 0 aliphatic rings. The van der Waals surface area contributed by atoms with Gasteiger partial charge in [-0.25, -0.2) is 4.98 Å². The third-order valence-corrected chi connectivity index (χ3v) is 3.81. The van der Waals surface area contributed by atoms with Gasteiger partial charge in [0, 0.05) is 18.5 Å². The average molecular weight is 321 g/mol. The summed E-state index contributed by atoms with van der Waals surface area (Å²) in [6.07, 6.45) is 1.56. The smallest absolute Gasteiger partial charge is 0.258 e. The van der Waals surface area contributed by atoms with Gasteiger partial charge in [0.05, 0.1) is 10.9 Å². The second-order valence-electron chi connectivity index (χ2n) is 5.80. The molecule has 2 N–H and O–H groups in total. The van der Waals surface area contributed by atoms with Crippen LogP contribution in [0.1, 0.15) is 24.2 Å². The third kappa shape index (κ3) is 3.87. The van der Waals surface area contributed by atoms with E-state index in [1.807, 2.05) is 49.4 Å². The van der Waals surface area contributed by atoms with Crippen LogP contribution >= 0.6 is 0 Å². The molecule has 0 saturated carbocycles. The molecule has 1 heterocycles. The van der Waals surface area contributed by atoms with Gasteiger partial charge in [-0.2, -0.15) is 0 Å². The fourth-order valence-electron chi connectivity index (χ4n) is 2.53. The van der Waals surface area contributed by atoms with E-state index in [2.05, 4.69) is 15.3 Å². The van der Waals surface area contributed by atoms with Crippen LogP contribution in [0, 0.1) is 6.92 Å². The fraction of sp³-hybridized carbons (Fsp3) is 0.211. The predicted octanol–water partition coefficient (Wildman–Crippen LogP) is 3.19. The number of nitrogens with one attached hydrogen (secondary N) is 2. The summed E-state index contributed by atoms with van der Waals surface area (Å²) in [5, 5.41) is 3.45. The van der Waals surface area contributed by atoms with Gasteiger partial charge in [0.2, 0.25) is 5.91 Å². The van der Waals surface area contributed by atoms with Gasteiger partial charge in [-0.1, -0.05) is 29.8 Å². The first kappa shape index (κ1) is 15.9. The molecule has 0 saturated heterocycles. The average Bonchev–Trinajstić information content (AvgIpc) is 2.57. The number of aromatic nitrogens is 2. The minimum atomic E-state index is -0.139. The van der Waals surface area contributed by atoms with E-state index in [4.69, 9.17) is 0 Å². The highest BCUT2D eigenvalue weighted by atomic mass is 16.1. The van der Waals surface area contributed by atoms with Crippen molar-refractivity contribution in [1.29, 1.82) is 0 Å². The number of amides is 1. The molecule has 5 nitrogen and oxygen atoms in total. The number of carbonyl (C=O) groups excluding carboxylic acids is 1. The van der Waals surface area contributed by atoms with Crippen molar-refractivity contribution in [3.63, 3.8) is 0 Å². The van der Waals surface area contributed by atoms with Gasteiger partial charge in [-0.3, -0.25) is 9.59 Å². The van der Waals surface area contributed by atoms with Crippen molar-refractivity contribution in [1.82, 2.24) is 9.97 Å². The van der Waals surface area contributed by atoms with Crippen molar-refractivity contribution >= 4 is 22.5 Å². The van der Waals surface area contributed by atoms with Crippen LogP contribution in [0.15, 0.2) is 53.3 Å². The number of aryl methyl sites for hydroxylation is 2. The quantitative estimate of drug-likeness (QED) is 0.758. The molecule has 0 atom stereocenters. The van der Waals surface area contributed by atoms with Crippen molar-refractivity contribution in [3.8, 4) is 0 Å². The molecule has 0 aliphatic heterocycles. The zero-order valence-electron chi connectivity index (χ0n) is 13.5. The Hall–Kier alpha value is -2.95. The van der Waals surface area contributed by atoms with Crippen LogP contribution in [-0.2, 0) is 11.2 Å². The number of nitrogens with zero attached hydrogens (tertiary/aromatic N) is 1. The predicted molar refractivity (Wildman–Crippen MR) is 95.1 cm³/mol. The summed E-state index contributed by atoms with van der Waals surface area (Å²) in [5.74, 6) is 0.573. The Labute approximate surface area is 139 Å². The number of hydrogen-bond donors (Lipinski definition) is 2. The Balaban J connectivity index is 1.57. The maximum atomic E-state index is 12.0. The zero-order valence-corrected chi connectivity index (χ0v) is 13.5. The Morgan fingerprint density at radius 2 is 1.88 bits per heavy atom. The number of para-hydroxylation sites is 1. The summed E-state index contributed by atoms with van der Waals surface area (Å²) in [5.41, 5.74) is 2.49. The highest BCUT2D eigenvalue weighted by molar-refractivity contribution is 5.90. The lowest BCUT2D eigenvalue weighted by Gasteiger charge is -2.06. The van der Waals surface area contributed by atoms with E-state index in [0.29, 0.717) is 36.0 Å². The van der Waals surface area contributed by atoms with E-state index in [9.17, 15) is 9.59 Å². The monoisotopic (exact) mass is 321 g/mol. The van der Waals surface area contributed by atoms with Crippen LogP contribution in [0.4, 0.5) is 5.69 Å². The normalized spacial score (nSPS) is 10.7. The largest absolute Gasteiger partial charge is 0.326 e. The number of benzene rings is 2. The molecule has 0 unspecified atom stereocenters. The van der Waals surface area contributed by atoms with E-state index in [0.717, 1.165) is 11.3 Å². The minimum absolute atomic E-state index is 0.0398. The highest BCUT2D eigenvalue weighted by Crippen LogP contribution is 2.10.